The highest BCUT2D eigenvalue weighted by atomic mass is 32.2. The van der Waals surface area contributed by atoms with E-state index < -0.39 is 53.0 Å². The summed E-state index contributed by atoms with van der Waals surface area (Å²) >= 11 is 0. The number of allylic oxidation sites excluding steroid dienone is 8. The number of hydrogen-bond donors (Lipinski definition) is 5. The van der Waals surface area contributed by atoms with Crippen LogP contribution in [-0.4, -0.2) is 99.2 Å². The fourth-order valence-electron chi connectivity index (χ4n) is 8.64. The van der Waals surface area contributed by atoms with Crippen molar-refractivity contribution >= 4 is 59.4 Å². The smallest absolute Gasteiger partial charge is 0.407 e. The number of nitrogens with zero attached hydrogens (tertiary/aromatic N) is 2. The third-order valence-electron chi connectivity index (χ3n) is 12.1. The van der Waals surface area contributed by atoms with Gasteiger partial charge in [-0.1, -0.05) is 50.6 Å². The Morgan fingerprint density at radius 3 is 2.17 bits per heavy atom. The number of rotatable bonds is 20. The molecule has 5 rings (SSSR count). The number of benzene rings is 2. The van der Waals surface area contributed by atoms with Crippen molar-refractivity contribution < 1.29 is 57.8 Å². The van der Waals surface area contributed by atoms with E-state index in [1.54, 1.807) is 24.3 Å². The Kier molecular flexibility index (Phi) is 17.2. The predicted molar refractivity (Wildman–Crippen MR) is 250 cm³/mol. The predicted octanol–water partition coefficient (Wildman–Crippen LogP) is 7.31. The van der Waals surface area contributed by atoms with Crippen LogP contribution >= 0.6 is 0 Å². The minimum Gasteiger partial charge on any atom is -0.446 e. The number of anilines is 1. The highest BCUT2D eigenvalue weighted by Gasteiger charge is 2.45. The number of fused-ring (bicyclic) bond motifs is 2. The van der Waals surface area contributed by atoms with E-state index in [1.807, 2.05) is 50.5 Å². The maximum absolute atomic E-state index is 12.6. The maximum atomic E-state index is 12.6. The SMILES string of the molecule is CC1(C)C(/C=C/C=C/C=C2/N(CCCCCC(=O)NCCCNC(=O)OC3CC/C=C\CCC3)c3ccc(S(=O)(=O)O)cc3C2(C)C)=[N+](CCCS(=O)(=O)O)c2ccc(S(=O)(=O)O)cc21. The molecule has 65 heavy (non-hydrogen) atoms. The fourth-order valence-corrected chi connectivity index (χ4v) is 10.1. The lowest BCUT2D eigenvalue weighted by atomic mass is 9.81. The van der Waals surface area contributed by atoms with Gasteiger partial charge in [-0.05, 0) is 107 Å². The van der Waals surface area contributed by atoms with Gasteiger partial charge < -0.3 is 20.3 Å². The van der Waals surface area contributed by atoms with E-state index in [0.717, 1.165) is 55.6 Å². The van der Waals surface area contributed by atoms with E-state index in [-0.39, 0.29) is 34.8 Å². The molecule has 0 saturated carbocycles. The Morgan fingerprint density at radius 2 is 1.46 bits per heavy atom. The Balaban J connectivity index is 1.22. The normalized spacial score (nSPS) is 19.6. The van der Waals surface area contributed by atoms with Gasteiger partial charge >= 0.3 is 6.09 Å². The van der Waals surface area contributed by atoms with Crippen molar-refractivity contribution in [2.24, 2.45) is 0 Å². The molecule has 0 spiro atoms. The van der Waals surface area contributed by atoms with Gasteiger partial charge in [0, 0.05) is 67.0 Å². The summed E-state index contributed by atoms with van der Waals surface area (Å²) in [7, 11) is -13.2. The molecular weight excluding hydrogens is 897 g/mol. The van der Waals surface area contributed by atoms with Gasteiger partial charge in [0.25, 0.3) is 30.4 Å². The van der Waals surface area contributed by atoms with Gasteiger partial charge in [0.2, 0.25) is 11.6 Å². The van der Waals surface area contributed by atoms with Crippen LogP contribution in [0.1, 0.15) is 109 Å². The minimum atomic E-state index is -4.50. The molecule has 0 radical (unpaired) electrons. The Morgan fingerprint density at radius 1 is 0.785 bits per heavy atom. The number of carbonyl (C=O) groups excluding carboxylic acids is 2. The molecule has 2 amide bonds. The van der Waals surface area contributed by atoms with Crippen molar-refractivity contribution in [2.75, 3.05) is 36.8 Å². The largest absolute Gasteiger partial charge is 0.446 e. The Labute approximate surface area is 383 Å². The van der Waals surface area contributed by atoms with Crippen molar-refractivity contribution in [2.45, 2.75) is 125 Å². The van der Waals surface area contributed by atoms with Crippen LogP contribution in [0.2, 0.25) is 0 Å². The number of alkyl carbamates (subject to hydrolysis) is 1. The monoisotopic (exact) mass is 959 g/mol. The summed E-state index contributed by atoms with van der Waals surface area (Å²) in [5.41, 5.74) is 2.89. The summed E-state index contributed by atoms with van der Waals surface area (Å²) in [4.78, 5) is 26.4. The summed E-state index contributed by atoms with van der Waals surface area (Å²) in [6.45, 7) is 9.28. The van der Waals surface area contributed by atoms with Gasteiger partial charge in [-0.25, -0.2) is 4.79 Å². The van der Waals surface area contributed by atoms with Crippen molar-refractivity contribution in [3.05, 3.63) is 95.8 Å². The van der Waals surface area contributed by atoms with Crippen LogP contribution in [0.25, 0.3) is 0 Å². The van der Waals surface area contributed by atoms with E-state index in [0.29, 0.717) is 62.1 Å². The average Bonchev–Trinajstić information content (AvgIpc) is 3.54. The summed E-state index contributed by atoms with van der Waals surface area (Å²) in [6.07, 6.45) is 20.6. The van der Waals surface area contributed by atoms with Gasteiger partial charge in [0.15, 0.2) is 5.71 Å². The van der Waals surface area contributed by atoms with E-state index in [4.69, 9.17) is 4.74 Å². The quantitative estimate of drug-likeness (QED) is 0.0288. The van der Waals surface area contributed by atoms with E-state index in [1.165, 1.54) is 24.3 Å². The van der Waals surface area contributed by atoms with Crippen molar-refractivity contribution in [3.63, 3.8) is 0 Å². The summed E-state index contributed by atoms with van der Waals surface area (Å²) < 4.78 is 108. The van der Waals surface area contributed by atoms with Crippen LogP contribution in [0.4, 0.5) is 16.2 Å². The lowest BCUT2D eigenvalue weighted by Gasteiger charge is -2.27. The Bertz CT molecular complexity index is 2580. The molecule has 2 aromatic rings. The standard InChI is InChI=1S/C46H62N4O12S3/c1-45(2)37-32-35(64(56,57)58)23-25-39(37)49(29-15-9-14-22-43(51)47-27-16-28-48-44(52)62-34-18-10-6-5-7-11-19-34)41(45)20-12-8-13-21-42-46(3,4)38-33-36(65(59,60)61)24-26-40(38)50(42)30-17-31-63(53,54)55/h5-6,8,12-13,20-21,23-26,32-34H,7,9-11,14-19,22,27-31H2,1-4H3,(H4-,47,48,51,52,53,54,55,56,57,58,59,60,61)/p+1/b6-5-. The molecule has 19 heteroatoms. The van der Waals surface area contributed by atoms with E-state index in [2.05, 4.69) is 27.7 Å². The van der Waals surface area contributed by atoms with Gasteiger partial charge in [-0.2, -0.15) is 29.8 Å². The lowest BCUT2D eigenvalue weighted by molar-refractivity contribution is -0.437. The van der Waals surface area contributed by atoms with E-state index >= 15 is 0 Å². The molecule has 0 aromatic heterocycles. The summed E-state index contributed by atoms with van der Waals surface area (Å²) in [5.74, 6) is -0.548. The van der Waals surface area contributed by atoms with Crippen LogP contribution < -0.4 is 15.5 Å². The first-order chi connectivity index (χ1) is 30.5. The molecule has 5 N–H and O–H groups in total. The Hall–Kier alpha value is -4.66. The first-order valence-electron chi connectivity index (χ1n) is 22.0. The highest BCUT2D eigenvalue weighted by molar-refractivity contribution is 7.86. The first-order valence-corrected chi connectivity index (χ1v) is 26.5. The number of ether oxygens (including phenoxy) is 1. The molecule has 1 unspecified atom stereocenters. The molecule has 3 aliphatic rings. The third-order valence-corrected chi connectivity index (χ3v) is 14.6. The fraction of sp³-hybridized carbons (Fsp3) is 0.500. The highest BCUT2D eigenvalue weighted by Crippen LogP contribution is 2.48. The molecule has 1 aliphatic carbocycles. The number of hydrogen-bond acceptors (Lipinski definition) is 10. The summed E-state index contributed by atoms with van der Waals surface area (Å²) in [5, 5.41) is 5.68. The van der Waals surface area contributed by atoms with Gasteiger partial charge in [0.05, 0.1) is 21.0 Å². The number of unbranched alkanes of at least 4 members (excludes halogenated alkanes) is 2. The second kappa shape index (κ2) is 21.8. The van der Waals surface area contributed by atoms with Gasteiger partial charge in [-0.15, -0.1) is 0 Å². The minimum absolute atomic E-state index is 0.0774. The molecule has 2 aromatic carbocycles. The average molecular weight is 960 g/mol. The molecule has 0 bridgehead atoms. The van der Waals surface area contributed by atoms with Crippen molar-refractivity contribution in [1.82, 2.24) is 10.6 Å². The molecule has 0 saturated heterocycles. The molecule has 16 nitrogen and oxygen atoms in total. The third kappa shape index (κ3) is 13.9. The van der Waals surface area contributed by atoms with Crippen LogP contribution in [0.5, 0.6) is 0 Å². The van der Waals surface area contributed by atoms with Crippen LogP contribution in [0.3, 0.4) is 0 Å². The topological polar surface area (TPSA) is 237 Å². The molecule has 2 aliphatic heterocycles. The second-order valence-electron chi connectivity index (χ2n) is 17.6. The number of nitrogens with one attached hydrogen (secondary N) is 2. The van der Waals surface area contributed by atoms with Crippen LogP contribution in [0, 0.1) is 0 Å². The van der Waals surface area contributed by atoms with Crippen molar-refractivity contribution in [1.29, 1.82) is 0 Å². The van der Waals surface area contributed by atoms with Crippen LogP contribution in [0.15, 0.2) is 94.4 Å². The molecule has 356 valence electrons. The lowest BCUT2D eigenvalue weighted by Crippen LogP contribution is -2.32. The van der Waals surface area contributed by atoms with Gasteiger partial charge in [0.1, 0.15) is 12.6 Å². The zero-order valence-electron chi connectivity index (χ0n) is 37.5. The second-order valence-corrected chi connectivity index (χ2v) is 22.0. The summed E-state index contributed by atoms with van der Waals surface area (Å²) in [6, 6.07) is 8.79. The van der Waals surface area contributed by atoms with Crippen LogP contribution in [-0.2, 0) is 50.7 Å². The number of carbonyl (C=O) groups is 2. The van der Waals surface area contributed by atoms with E-state index in [9.17, 15) is 48.5 Å². The molecule has 0 fully saturated rings. The number of amides is 2. The van der Waals surface area contributed by atoms with Crippen molar-refractivity contribution in [3.8, 4) is 0 Å². The maximum Gasteiger partial charge on any atom is 0.407 e. The van der Waals surface area contributed by atoms with Gasteiger partial charge in [-0.3, -0.25) is 18.5 Å². The molecule has 2 heterocycles. The molecule has 1 atom stereocenters. The zero-order valence-corrected chi connectivity index (χ0v) is 40.0. The zero-order chi connectivity index (χ0) is 47.6. The first kappa shape index (κ1) is 51.3. The molecular formula is C46H63N4O12S3+.